The van der Waals surface area contributed by atoms with Gasteiger partial charge in [0.2, 0.25) is 0 Å². The van der Waals surface area contributed by atoms with Crippen LogP contribution in [0.15, 0.2) is 36.5 Å². The maximum atomic E-state index is 11.0. The topological polar surface area (TPSA) is 75.3 Å². The fourth-order valence-corrected chi connectivity index (χ4v) is 1.60. The molecule has 0 spiro atoms. The summed E-state index contributed by atoms with van der Waals surface area (Å²) in [6, 6.07) is 9.20. The third-order valence-corrected chi connectivity index (χ3v) is 2.62. The van der Waals surface area contributed by atoms with E-state index >= 15 is 0 Å². The van der Waals surface area contributed by atoms with Crippen molar-refractivity contribution in [2.24, 2.45) is 5.73 Å². The molecule has 1 atom stereocenters. The Balaban J connectivity index is 2.42. The lowest BCUT2D eigenvalue weighted by Crippen LogP contribution is -2.33. The summed E-state index contributed by atoms with van der Waals surface area (Å²) in [6.45, 7) is 0.603. The van der Waals surface area contributed by atoms with Crippen LogP contribution in [0.4, 0.5) is 0 Å². The van der Waals surface area contributed by atoms with Crippen LogP contribution in [0.25, 0.3) is 6.08 Å². The third-order valence-electron chi connectivity index (χ3n) is 2.62. The third kappa shape index (κ3) is 5.50. The number of carboxylic acids is 1. The molecule has 1 rings (SSSR count). The molecular formula is C14H20N2O2. The summed E-state index contributed by atoms with van der Waals surface area (Å²) in [4.78, 5) is 11.0. The molecule has 98 valence electrons. The van der Waals surface area contributed by atoms with Crippen molar-refractivity contribution in [2.75, 3.05) is 6.54 Å². The molecule has 4 heteroatoms. The molecule has 0 unspecified atom stereocenters. The zero-order chi connectivity index (χ0) is 13.2. The van der Waals surface area contributed by atoms with E-state index in [-0.39, 0.29) is 0 Å². The van der Waals surface area contributed by atoms with E-state index in [0.29, 0.717) is 13.0 Å². The van der Waals surface area contributed by atoms with Crippen LogP contribution in [0.1, 0.15) is 24.8 Å². The van der Waals surface area contributed by atoms with E-state index in [1.807, 2.05) is 36.4 Å². The summed E-state index contributed by atoms with van der Waals surface area (Å²) in [6.07, 6.45) is 5.81. The Morgan fingerprint density at radius 2 is 2.06 bits per heavy atom. The molecule has 0 radical (unpaired) electrons. The normalized spacial score (nSPS) is 12.5. The molecule has 18 heavy (non-hydrogen) atoms. The van der Waals surface area contributed by atoms with Gasteiger partial charge in [-0.15, -0.1) is 0 Å². The van der Waals surface area contributed by atoms with Crippen molar-refractivity contribution >= 4 is 12.0 Å². The van der Waals surface area contributed by atoms with E-state index in [2.05, 4.69) is 5.32 Å². The number of carbonyl (C=O) groups is 1. The fraction of sp³-hybridized carbons (Fsp3) is 0.357. The number of hydrogen-bond acceptors (Lipinski definition) is 3. The Kier molecular flexibility index (Phi) is 6.58. The van der Waals surface area contributed by atoms with Crippen molar-refractivity contribution in [1.29, 1.82) is 0 Å². The molecular weight excluding hydrogens is 228 g/mol. The lowest BCUT2D eigenvalue weighted by Gasteiger charge is -2.11. The highest BCUT2D eigenvalue weighted by atomic mass is 16.4. The van der Waals surface area contributed by atoms with E-state index in [9.17, 15) is 4.79 Å². The van der Waals surface area contributed by atoms with Crippen LogP contribution >= 0.6 is 0 Å². The molecule has 0 aliphatic carbocycles. The van der Waals surface area contributed by atoms with Crippen LogP contribution in [0.2, 0.25) is 0 Å². The minimum absolute atomic E-state index is 0.545. The zero-order valence-electron chi connectivity index (χ0n) is 10.4. The SMILES string of the molecule is NCCCC[C@H](NC=Cc1ccccc1)C(=O)O. The van der Waals surface area contributed by atoms with Gasteiger partial charge in [0.05, 0.1) is 0 Å². The summed E-state index contributed by atoms with van der Waals surface area (Å²) in [5, 5.41) is 11.9. The zero-order valence-corrected chi connectivity index (χ0v) is 10.4. The first-order valence-corrected chi connectivity index (χ1v) is 6.14. The largest absolute Gasteiger partial charge is 0.480 e. The van der Waals surface area contributed by atoms with Gasteiger partial charge in [0.1, 0.15) is 6.04 Å². The monoisotopic (exact) mass is 248 g/mol. The molecule has 0 aliphatic heterocycles. The summed E-state index contributed by atoms with van der Waals surface area (Å²) in [7, 11) is 0. The Bertz CT molecular complexity index is 377. The predicted molar refractivity (Wildman–Crippen MR) is 72.9 cm³/mol. The minimum atomic E-state index is -0.829. The number of hydrogen-bond donors (Lipinski definition) is 3. The van der Waals surface area contributed by atoms with Gasteiger partial charge in [0.25, 0.3) is 0 Å². The average Bonchev–Trinajstić information content (AvgIpc) is 2.38. The van der Waals surface area contributed by atoms with E-state index in [1.54, 1.807) is 6.20 Å². The summed E-state index contributed by atoms with van der Waals surface area (Å²) in [5.74, 6) is -0.829. The fourth-order valence-electron chi connectivity index (χ4n) is 1.60. The minimum Gasteiger partial charge on any atom is -0.480 e. The molecule has 0 saturated carbocycles. The van der Waals surface area contributed by atoms with E-state index < -0.39 is 12.0 Å². The number of unbranched alkanes of at least 4 members (excludes halogenated alkanes) is 1. The Morgan fingerprint density at radius 1 is 1.33 bits per heavy atom. The predicted octanol–water partition coefficient (Wildman–Crippen LogP) is 1.83. The van der Waals surface area contributed by atoms with Crippen molar-refractivity contribution in [2.45, 2.75) is 25.3 Å². The van der Waals surface area contributed by atoms with Crippen LogP contribution in [-0.4, -0.2) is 23.7 Å². The van der Waals surface area contributed by atoms with Crippen molar-refractivity contribution in [3.05, 3.63) is 42.1 Å². The number of carboxylic acid groups (broad SMARTS) is 1. The van der Waals surface area contributed by atoms with Crippen LogP contribution in [0, 0.1) is 0 Å². The molecule has 0 amide bonds. The Morgan fingerprint density at radius 3 is 2.67 bits per heavy atom. The van der Waals surface area contributed by atoms with E-state index in [1.165, 1.54) is 0 Å². The molecule has 0 heterocycles. The first-order valence-electron chi connectivity index (χ1n) is 6.14. The van der Waals surface area contributed by atoms with Crippen LogP contribution in [0.3, 0.4) is 0 Å². The smallest absolute Gasteiger partial charge is 0.326 e. The number of nitrogens with two attached hydrogens (primary N) is 1. The van der Waals surface area contributed by atoms with Gasteiger partial charge >= 0.3 is 5.97 Å². The van der Waals surface area contributed by atoms with Crippen LogP contribution in [0.5, 0.6) is 0 Å². The van der Waals surface area contributed by atoms with E-state index in [4.69, 9.17) is 10.8 Å². The Hall–Kier alpha value is -1.81. The van der Waals surface area contributed by atoms with Gasteiger partial charge in [-0.25, -0.2) is 4.79 Å². The molecule has 4 N–H and O–H groups in total. The van der Waals surface area contributed by atoms with Crippen molar-refractivity contribution < 1.29 is 9.90 Å². The number of rotatable bonds is 8. The average molecular weight is 248 g/mol. The van der Waals surface area contributed by atoms with Gasteiger partial charge in [0, 0.05) is 0 Å². The van der Waals surface area contributed by atoms with Crippen molar-refractivity contribution in [1.82, 2.24) is 5.32 Å². The highest BCUT2D eigenvalue weighted by Crippen LogP contribution is 2.03. The van der Waals surface area contributed by atoms with Gasteiger partial charge in [-0.05, 0) is 43.6 Å². The lowest BCUT2D eigenvalue weighted by molar-refractivity contribution is -0.139. The molecule has 4 nitrogen and oxygen atoms in total. The second-order valence-electron chi connectivity index (χ2n) is 4.09. The molecule has 0 saturated heterocycles. The highest BCUT2D eigenvalue weighted by molar-refractivity contribution is 5.73. The summed E-state index contributed by atoms with van der Waals surface area (Å²) < 4.78 is 0. The second-order valence-corrected chi connectivity index (χ2v) is 4.09. The standard InChI is InChI=1S/C14H20N2O2/c15-10-5-4-8-13(14(17)18)16-11-9-12-6-2-1-3-7-12/h1-3,6-7,9,11,13,16H,4-5,8,10,15H2,(H,17,18)/t13-/m0/s1. The van der Waals surface area contributed by atoms with Crippen LogP contribution in [-0.2, 0) is 4.79 Å². The molecule has 0 aromatic heterocycles. The first kappa shape index (κ1) is 14.3. The van der Waals surface area contributed by atoms with Gasteiger partial charge in [0.15, 0.2) is 0 Å². The second kappa shape index (κ2) is 8.31. The molecule has 0 bridgehead atoms. The molecule has 0 fully saturated rings. The maximum absolute atomic E-state index is 11.0. The van der Waals surface area contributed by atoms with Crippen LogP contribution < -0.4 is 11.1 Å². The van der Waals surface area contributed by atoms with Gasteiger partial charge in [-0.1, -0.05) is 30.3 Å². The molecule has 1 aromatic rings. The Labute approximate surface area is 108 Å². The highest BCUT2D eigenvalue weighted by Gasteiger charge is 2.13. The van der Waals surface area contributed by atoms with E-state index in [0.717, 1.165) is 18.4 Å². The molecule has 0 aliphatic rings. The number of aliphatic carboxylic acids is 1. The lowest BCUT2D eigenvalue weighted by atomic mass is 10.1. The summed E-state index contributed by atoms with van der Waals surface area (Å²) in [5.41, 5.74) is 6.42. The van der Waals surface area contributed by atoms with Gasteiger partial charge in [-0.2, -0.15) is 0 Å². The first-order chi connectivity index (χ1) is 8.74. The van der Waals surface area contributed by atoms with Crippen molar-refractivity contribution in [3.8, 4) is 0 Å². The van der Waals surface area contributed by atoms with Gasteiger partial charge < -0.3 is 16.2 Å². The van der Waals surface area contributed by atoms with Gasteiger partial charge in [-0.3, -0.25) is 0 Å². The number of nitrogens with one attached hydrogen (secondary N) is 1. The quantitative estimate of drug-likeness (QED) is 0.613. The summed E-state index contributed by atoms with van der Waals surface area (Å²) >= 11 is 0. The molecule has 1 aromatic carbocycles. The maximum Gasteiger partial charge on any atom is 0.326 e. The van der Waals surface area contributed by atoms with Crippen molar-refractivity contribution in [3.63, 3.8) is 0 Å². The number of benzene rings is 1.